The Morgan fingerprint density at radius 1 is 1.26 bits per heavy atom. The van der Waals surface area contributed by atoms with Crippen LogP contribution in [0.5, 0.6) is 5.75 Å². The lowest BCUT2D eigenvalue weighted by atomic mass is 9.98. The van der Waals surface area contributed by atoms with E-state index in [0.29, 0.717) is 22.4 Å². The van der Waals surface area contributed by atoms with Gasteiger partial charge >= 0.3 is 0 Å². The molecule has 0 aliphatic carbocycles. The standard InChI is InChI=1S/C18H16ClNO2S/c1-2-16(21)20-17(15-8-5-9-23-15)13-10-14(19)11-6-3-4-7-12(11)18(13)22/h3-10,17,22H,2H2,1H3,(H,20,21). The Hall–Kier alpha value is -2.04. The maximum atomic E-state index is 11.9. The van der Waals surface area contributed by atoms with E-state index >= 15 is 0 Å². The maximum absolute atomic E-state index is 11.9. The molecule has 118 valence electrons. The van der Waals surface area contributed by atoms with Gasteiger partial charge in [0.05, 0.1) is 6.04 Å². The number of rotatable bonds is 4. The Kier molecular flexibility index (Phi) is 4.55. The molecular formula is C18H16ClNO2S. The van der Waals surface area contributed by atoms with Crippen molar-refractivity contribution in [1.82, 2.24) is 5.32 Å². The van der Waals surface area contributed by atoms with Crippen LogP contribution in [0, 0.1) is 0 Å². The molecule has 2 N–H and O–H groups in total. The number of hydrogen-bond donors (Lipinski definition) is 2. The summed E-state index contributed by atoms with van der Waals surface area (Å²) >= 11 is 7.92. The Bertz CT molecular complexity index is 846. The highest BCUT2D eigenvalue weighted by Gasteiger charge is 2.22. The molecule has 0 aliphatic rings. The van der Waals surface area contributed by atoms with Crippen molar-refractivity contribution in [2.75, 3.05) is 0 Å². The molecule has 0 saturated carbocycles. The summed E-state index contributed by atoms with van der Waals surface area (Å²) in [4.78, 5) is 12.9. The summed E-state index contributed by atoms with van der Waals surface area (Å²) in [6.45, 7) is 1.80. The summed E-state index contributed by atoms with van der Waals surface area (Å²) in [6, 6.07) is 12.6. The summed E-state index contributed by atoms with van der Waals surface area (Å²) in [5.41, 5.74) is 0.609. The van der Waals surface area contributed by atoms with Gasteiger partial charge in [0.2, 0.25) is 5.91 Å². The normalized spacial score (nSPS) is 12.3. The molecule has 1 heterocycles. The fraction of sp³-hybridized carbons (Fsp3) is 0.167. The molecule has 0 radical (unpaired) electrons. The molecule has 0 fully saturated rings. The van der Waals surface area contributed by atoms with Crippen LogP contribution in [0.25, 0.3) is 10.8 Å². The molecule has 2 aromatic carbocycles. The predicted octanol–water partition coefficient (Wildman–Crippen LogP) is 4.88. The van der Waals surface area contributed by atoms with Crippen LogP contribution in [0.15, 0.2) is 47.8 Å². The van der Waals surface area contributed by atoms with Gasteiger partial charge in [-0.15, -0.1) is 11.3 Å². The minimum atomic E-state index is -0.412. The third-order valence-electron chi connectivity index (χ3n) is 3.76. The number of aromatic hydroxyl groups is 1. The van der Waals surface area contributed by atoms with Crippen LogP contribution < -0.4 is 5.32 Å². The third kappa shape index (κ3) is 3.05. The zero-order chi connectivity index (χ0) is 16.4. The molecule has 1 amide bonds. The van der Waals surface area contributed by atoms with Crippen molar-refractivity contribution < 1.29 is 9.90 Å². The van der Waals surface area contributed by atoms with E-state index in [1.165, 1.54) is 11.3 Å². The number of thiophene rings is 1. The second kappa shape index (κ2) is 6.60. The van der Waals surface area contributed by atoms with Crippen molar-refractivity contribution in [3.63, 3.8) is 0 Å². The molecule has 0 bridgehead atoms. The molecule has 23 heavy (non-hydrogen) atoms. The molecule has 0 spiro atoms. The number of fused-ring (bicyclic) bond motifs is 1. The van der Waals surface area contributed by atoms with E-state index in [0.717, 1.165) is 10.3 Å². The van der Waals surface area contributed by atoms with Gasteiger partial charge in [0.1, 0.15) is 5.75 Å². The Balaban J connectivity index is 2.18. The van der Waals surface area contributed by atoms with Crippen LogP contribution in [0.1, 0.15) is 29.8 Å². The second-order valence-electron chi connectivity index (χ2n) is 5.21. The van der Waals surface area contributed by atoms with Gasteiger partial charge < -0.3 is 10.4 Å². The zero-order valence-corrected chi connectivity index (χ0v) is 14.1. The third-order valence-corrected chi connectivity index (χ3v) is 5.01. The van der Waals surface area contributed by atoms with Gasteiger partial charge in [-0.25, -0.2) is 0 Å². The van der Waals surface area contributed by atoms with Crippen LogP contribution in [0.4, 0.5) is 0 Å². The van der Waals surface area contributed by atoms with Gasteiger partial charge in [0, 0.05) is 32.7 Å². The SMILES string of the molecule is CCC(=O)NC(c1cccs1)c1cc(Cl)c2ccccc2c1O. The number of nitrogens with one attached hydrogen (secondary N) is 1. The van der Waals surface area contributed by atoms with Crippen LogP contribution in [-0.4, -0.2) is 11.0 Å². The van der Waals surface area contributed by atoms with Crippen molar-refractivity contribution in [1.29, 1.82) is 0 Å². The van der Waals surface area contributed by atoms with Gasteiger partial charge in [-0.1, -0.05) is 48.9 Å². The summed E-state index contributed by atoms with van der Waals surface area (Å²) in [5, 5.41) is 17.7. The summed E-state index contributed by atoms with van der Waals surface area (Å²) in [7, 11) is 0. The number of carbonyl (C=O) groups excluding carboxylic acids is 1. The number of carbonyl (C=O) groups is 1. The quantitative estimate of drug-likeness (QED) is 0.708. The van der Waals surface area contributed by atoms with Crippen molar-refractivity contribution in [2.24, 2.45) is 0 Å². The zero-order valence-electron chi connectivity index (χ0n) is 12.5. The summed E-state index contributed by atoms with van der Waals surface area (Å²) in [5.74, 6) is 0.0758. The highest BCUT2D eigenvalue weighted by atomic mass is 35.5. The lowest BCUT2D eigenvalue weighted by molar-refractivity contribution is -0.121. The van der Waals surface area contributed by atoms with Crippen molar-refractivity contribution in [3.8, 4) is 5.75 Å². The average molecular weight is 346 g/mol. The first kappa shape index (κ1) is 15.8. The number of amides is 1. The number of phenolic OH excluding ortho intramolecular Hbond substituents is 1. The predicted molar refractivity (Wildman–Crippen MR) is 95.2 cm³/mol. The van der Waals surface area contributed by atoms with Gasteiger partial charge in [-0.2, -0.15) is 0 Å². The number of halogens is 1. The van der Waals surface area contributed by atoms with E-state index in [2.05, 4.69) is 5.32 Å². The number of hydrogen-bond acceptors (Lipinski definition) is 3. The van der Waals surface area contributed by atoms with Gasteiger partial charge in [0.15, 0.2) is 0 Å². The molecule has 1 unspecified atom stereocenters. The molecule has 1 aromatic heterocycles. The first-order valence-corrected chi connectivity index (χ1v) is 8.60. The minimum Gasteiger partial charge on any atom is -0.507 e. The van der Waals surface area contributed by atoms with Crippen molar-refractivity contribution in [2.45, 2.75) is 19.4 Å². The molecule has 3 nitrogen and oxygen atoms in total. The highest BCUT2D eigenvalue weighted by Crippen LogP contribution is 2.40. The lowest BCUT2D eigenvalue weighted by Crippen LogP contribution is -2.28. The fourth-order valence-electron chi connectivity index (χ4n) is 2.58. The average Bonchev–Trinajstić information content (AvgIpc) is 3.10. The molecule has 1 atom stereocenters. The van der Waals surface area contributed by atoms with Gasteiger partial charge in [0.25, 0.3) is 0 Å². The Morgan fingerprint density at radius 2 is 2.00 bits per heavy atom. The first-order chi connectivity index (χ1) is 11.1. The molecule has 3 rings (SSSR count). The van der Waals surface area contributed by atoms with Crippen LogP contribution in [0.2, 0.25) is 5.02 Å². The second-order valence-corrected chi connectivity index (χ2v) is 6.60. The van der Waals surface area contributed by atoms with E-state index in [1.807, 2.05) is 41.8 Å². The molecule has 0 aliphatic heterocycles. The van der Waals surface area contributed by atoms with E-state index < -0.39 is 6.04 Å². The Labute approximate surface area is 143 Å². The minimum absolute atomic E-state index is 0.0768. The number of benzene rings is 2. The Morgan fingerprint density at radius 3 is 2.65 bits per heavy atom. The molecule has 0 saturated heterocycles. The van der Waals surface area contributed by atoms with E-state index in [9.17, 15) is 9.90 Å². The monoisotopic (exact) mass is 345 g/mol. The highest BCUT2D eigenvalue weighted by molar-refractivity contribution is 7.10. The van der Waals surface area contributed by atoms with Crippen molar-refractivity contribution >= 4 is 39.6 Å². The summed E-state index contributed by atoms with van der Waals surface area (Å²) in [6.07, 6.45) is 0.379. The molecule has 3 aromatic rings. The van der Waals surface area contributed by atoms with E-state index in [-0.39, 0.29) is 11.7 Å². The van der Waals surface area contributed by atoms with Crippen LogP contribution in [0.3, 0.4) is 0 Å². The first-order valence-electron chi connectivity index (χ1n) is 7.34. The van der Waals surface area contributed by atoms with Crippen LogP contribution in [-0.2, 0) is 4.79 Å². The topological polar surface area (TPSA) is 49.3 Å². The molecular weight excluding hydrogens is 330 g/mol. The van der Waals surface area contributed by atoms with Crippen molar-refractivity contribution in [3.05, 3.63) is 63.3 Å². The van der Waals surface area contributed by atoms with Gasteiger partial charge in [-0.05, 0) is 17.5 Å². The van der Waals surface area contributed by atoms with E-state index in [4.69, 9.17) is 11.6 Å². The maximum Gasteiger partial charge on any atom is 0.220 e. The van der Waals surface area contributed by atoms with E-state index in [1.54, 1.807) is 13.0 Å². The van der Waals surface area contributed by atoms with Crippen LogP contribution >= 0.6 is 22.9 Å². The molecule has 5 heteroatoms. The fourth-order valence-corrected chi connectivity index (χ4v) is 3.65. The number of phenols is 1. The smallest absolute Gasteiger partial charge is 0.220 e. The largest absolute Gasteiger partial charge is 0.507 e. The summed E-state index contributed by atoms with van der Waals surface area (Å²) < 4.78 is 0. The lowest BCUT2D eigenvalue weighted by Gasteiger charge is -2.20. The van der Waals surface area contributed by atoms with Gasteiger partial charge in [-0.3, -0.25) is 4.79 Å².